The van der Waals surface area contributed by atoms with Crippen LogP contribution < -0.4 is 10.1 Å². The summed E-state index contributed by atoms with van der Waals surface area (Å²) >= 11 is 0. The maximum atomic E-state index is 12.3. The van der Waals surface area contributed by atoms with Crippen LogP contribution in [0.4, 0.5) is 4.79 Å². The second-order valence-electron chi connectivity index (χ2n) is 7.86. The van der Waals surface area contributed by atoms with Gasteiger partial charge in [0.15, 0.2) is 0 Å². The standard InChI is InChI=1S/C21H29NO7/c1-7-14-16(9-8-15(18(23)26-5)17(14)19(24)27-6)28-13-10-12(11-13)22-20(25)29-21(2,3)4/h8-9,12-13H,7,10-11H2,1-6H3,(H,22,25). The van der Waals surface area contributed by atoms with E-state index in [0.29, 0.717) is 30.6 Å². The Morgan fingerprint density at radius 1 is 1.07 bits per heavy atom. The third-order valence-electron chi connectivity index (χ3n) is 4.53. The van der Waals surface area contributed by atoms with Gasteiger partial charge in [0.1, 0.15) is 17.5 Å². The Bertz CT molecular complexity index is 776. The maximum absolute atomic E-state index is 12.3. The monoisotopic (exact) mass is 407 g/mol. The molecule has 8 heteroatoms. The molecule has 160 valence electrons. The highest BCUT2D eigenvalue weighted by atomic mass is 16.6. The molecule has 0 bridgehead atoms. The minimum Gasteiger partial charge on any atom is -0.490 e. The molecule has 0 unspecified atom stereocenters. The molecule has 0 aliphatic heterocycles. The molecule has 1 aliphatic carbocycles. The summed E-state index contributed by atoms with van der Waals surface area (Å²) in [5.41, 5.74) is 0.331. The van der Waals surface area contributed by atoms with Crippen LogP contribution in [0.25, 0.3) is 0 Å². The van der Waals surface area contributed by atoms with Gasteiger partial charge in [0.25, 0.3) is 0 Å². The molecule has 1 aromatic carbocycles. The second-order valence-corrected chi connectivity index (χ2v) is 7.86. The third-order valence-corrected chi connectivity index (χ3v) is 4.53. The molecule has 1 saturated carbocycles. The van der Waals surface area contributed by atoms with Gasteiger partial charge in [-0.1, -0.05) is 6.92 Å². The minimum atomic E-state index is -0.620. The molecule has 1 fully saturated rings. The second kappa shape index (κ2) is 9.15. The summed E-state index contributed by atoms with van der Waals surface area (Å²) in [6.07, 6.45) is 1.14. The van der Waals surface area contributed by atoms with E-state index < -0.39 is 23.6 Å². The van der Waals surface area contributed by atoms with Crippen LogP contribution in [0.3, 0.4) is 0 Å². The van der Waals surface area contributed by atoms with E-state index in [1.54, 1.807) is 6.07 Å². The van der Waals surface area contributed by atoms with Gasteiger partial charge in [0, 0.05) is 24.4 Å². The van der Waals surface area contributed by atoms with E-state index in [1.807, 2.05) is 27.7 Å². The zero-order valence-corrected chi connectivity index (χ0v) is 17.8. The van der Waals surface area contributed by atoms with E-state index in [9.17, 15) is 14.4 Å². The Kier molecular flexibility index (Phi) is 7.11. The molecule has 29 heavy (non-hydrogen) atoms. The van der Waals surface area contributed by atoms with Crippen molar-refractivity contribution in [3.8, 4) is 5.75 Å². The van der Waals surface area contributed by atoms with Crippen molar-refractivity contribution in [2.75, 3.05) is 14.2 Å². The van der Waals surface area contributed by atoms with Gasteiger partial charge in [0.2, 0.25) is 0 Å². The Morgan fingerprint density at radius 2 is 1.69 bits per heavy atom. The van der Waals surface area contributed by atoms with Crippen molar-refractivity contribution < 1.29 is 33.3 Å². The molecule has 0 atom stereocenters. The van der Waals surface area contributed by atoms with Crippen LogP contribution in [0.5, 0.6) is 5.75 Å². The van der Waals surface area contributed by atoms with Crippen molar-refractivity contribution in [3.63, 3.8) is 0 Å². The molecule has 1 aromatic rings. The lowest BCUT2D eigenvalue weighted by Gasteiger charge is -2.36. The minimum absolute atomic E-state index is 0.0330. The molecule has 0 spiro atoms. The van der Waals surface area contributed by atoms with E-state index in [1.165, 1.54) is 20.3 Å². The number of hydrogen-bond acceptors (Lipinski definition) is 7. The number of benzene rings is 1. The summed E-state index contributed by atoms with van der Waals surface area (Å²) in [4.78, 5) is 36.2. The van der Waals surface area contributed by atoms with Crippen molar-refractivity contribution in [1.29, 1.82) is 0 Å². The fraction of sp³-hybridized carbons (Fsp3) is 0.571. The molecule has 1 amide bonds. The number of rotatable bonds is 6. The van der Waals surface area contributed by atoms with E-state index in [2.05, 4.69) is 5.32 Å². The van der Waals surface area contributed by atoms with Crippen LogP contribution in [0.1, 0.15) is 66.8 Å². The largest absolute Gasteiger partial charge is 0.490 e. The van der Waals surface area contributed by atoms with Crippen LogP contribution >= 0.6 is 0 Å². The maximum Gasteiger partial charge on any atom is 0.407 e. The fourth-order valence-corrected chi connectivity index (χ4v) is 3.14. The normalized spacial score (nSPS) is 18.3. The molecule has 0 radical (unpaired) electrons. The highest BCUT2D eigenvalue weighted by Gasteiger charge is 2.34. The lowest BCUT2D eigenvalue weighted by atomic mass is 9.89. The Labute approximate surface area is 170 Å². The van der Waals surface area contributed by atoms with Crippen molar-refractivity contribution in [2.45, 2.75) is 64.7 Å². The molecular formula is C21H29NO7. The first kappa shape index (κ1) is 22.5. The molecule has 2 rings (SSSR count). The fourth-order valence-electron chi connectivity index (χ4n) is 3.14. The van der Waals surface area contributed by atoms with E-state index in [-0.39, 0.29) is 23.3 Å². The molecule has 1 aliphatic rings. The van der Waals surface area contributed by atoms with Crippen LogP contribution in [0, 0.1) is 0 Å². The molecule has 1 N–H and O–H groups in total. The van der Waals surface area contributed by atoms with Crippen molar-refractivity contribution in [3.05, 3.63) is 28.8 Å². The first-order chi connectivity index (χ1) is 13.6. The number of ether oxygens (including phenoxy) is 4. The van der Waals surface area contributed by atoms with Crippen LogP contribution in [0.15, 0.2) is 12.1 Å². The van der Waals surface area contributed by atoms with Crippen molar-refractivity contribution in [1.82, 2.24) is 5.32 Å². The van der Waals surface area contributed by atoms with Crippen LogP contribution in [-0.2, 0) is 20.6 Å². The SMILES string of the molecule is CCc1c(OC2CC(NC(=O)OC(C)(C)C)C2)ccc(C(=O)OC)c1C(=O)OC. The molecule has 0 aromatic heterocycles. The van der Waals surface area contributed by atoms with Gasteiger partial charge in [-0.05, 0) is 39.3 Å². The molecular weight excluding hydrogens is 378 g/mol. The molecule has 0 saturated heterocycles. The summed E-state index contributed by atoms with van der Waals surface area (Å²) in [7, 11) is 2.51. The van der Waals surface area contributed by atoms with Crippen molar-refractivity contribution in [2.24, 2.45) is 0 Å². The average Bonchev–Trinajstić information content (AvgIpc) is 2.62. The first-order valence-electron chi connectivity index (χ1n) is 9.58. The Balaban J connectivity index is 2.10. The quantitative estimate of drug-likeness (QED) is 0.571. The lowest BCUT2D eigenvalue weighted by molar-refractivity contribution is 0.0359. The number of methoxy groups -OCH3 is 2. The highest BCUT2D eigenvalue weighted by Crippen LogP contribution is 2.32. The Hall–Kier alpha value is -2.77. The average molecular weight is 407 g/mol. The van der Waals surface area contributed by atoms with Gasteiger partial charge in [0.05, 0.1) is 25.3 Å². The van der Waals surface area contributed by atoms with Crippen LogP contribution in [-0.4, -0.2) is 50.0 Å². The van der Waals surface area contributed by atoms with Gasteiger partial charge in [-0.3, -0.25) is 0 Å². The Morgan fingerprint density at radius 3 is 2.21 bits per heavy atom. The predicted molar refractivity (Wildman–Crippen MR) is 105 cm³/mol. The van der Waals surface area contributed by atoms with Gasteiger partial charge in [-0.2, -0.15) is 0 Å². The number of carbonyl (C=O) groups is 3. The summed E-state index contributed by atoms with van der Waals surface area (Å²) in [6.45, 7) is 7.29. The summed E-state index contributed by atoms with van der Waals surface area (Å²) in [5, 5.41) is 2.81. The summed E-state index contributed by atoms with van der Waals surface area (Å²) in [6, 6.07) is 3.13. The molecule has 8 nitrogen and oxygen atoms in total. The van der Waals surface area contributed by atoms with E-state index in [4.69, 9.17) is 18.9 Å². The van der Waals surface area contributed by atoms with Gasteiger partial charge in [-0.15, -0.1) is 0 Å². The third kappa shape index (κ3) is 5.62. The summed E-state index contributed by atoms with van der Waals surface area (Å²) < 4.78 is 20.9. The number of carbonyl (C=O) groups excluding carboxylic acids is 3. The zero-order valence-electron chi connectivity index (χ0n) is 17.8. The zero-order chi connectivity index (χ0) is 21.8. The smallest absolute Gasteiger partial charge is 0.407 e. The molecule has 0 heterocycles. The predicted octanol–water partition coefficient (Wildman–Crippen LogP) is 3.26. The number of nitrogens with one attached hydrogen (secondary N) is 1. The van der Waals surface area contributed by atoms with E-state index >= 15 is 0 Å². The topological polar surface area (TPSA) is 100 Å². The first-order valence-corrected chi connectivity index (χ1v) is 9.58. The number of hydrogen-bond donors (Lipinski definition) is 1. The van der Waals surface area contributed by atoms with Crippen LogP contribution in [0.2, 0.25) is 0 Å². The highest BCUT2D eigenvalue weighted by molar-refractivity contribution is 6.04. The van der Waals surface area contributed by atoms with Gasteiger partial charge >= 0.3 is 18.0 Å². The lowest BCUT2D eigenvalue weighted by Crippen LogP contribution is -2.50. The van der Waals surface area contributed by atoms with Crippen molar-refractivity contribution >= 4 is 18.0 Å². The van der Waals surface area contributed by atoms with E-state index in [0.717, 1.165) is 0 Å². The number of esters is 2. The number of alkyl carbamates (subject to hydrolysis) is 1. The van der Waals surface area contributed by atoms with Gasteiger partial charge in [-0.25, -0.2) is 14.4 Å². The van der Waals surface area contributed by atoms with Gasteiger partial charge < -0.3 is 24.3 Å². The summed E-state index contributed by atoms with van der Waals surface area (Å²) in [5.74, 6) is -0.719. The number of amides is 1.